The molecule has 0 aliphatic heterocycles. The molecule has 0 aliphatic rings. The minimum Gasteiger partial charge on any atom is -0.310 e. The van der Waals surface area contributed by atoms with Gasteiger partial charge in [-0.2, -0.15) is 0 Å². The number of hydrogen-bond acceptors (Lipinski definition) is 1. The van der Waals surface area contributed by atoms with Crippen molar-refractivity contribution in [3.8, 4) is 0 Å². The van der Waals surface area contributed by atoms with E-state index in [0.29, 0.717) is 11.8 Å². The summed E-state index contributed by atoms with van der Waals surface area (Å²) < 4.78 is 0. The fraction of sp³-hybridized carbons (Fsp3) is 0.857. The highest BCUT2D eigenvalue weighted by Gasteiger charge is 2.07. The molecule has 1 atom stereocenters. The zero-order valence-electron chi connectivity index (χ0n) is 6.15. The molecule has 1 N–H and O–H groups in total. The van der Waals surface area contributed by atoms with Gasteiger partial charge >= 0.3 is 0 Å². The number of hydrogen-bond donors (Lipinski definition) is 1. The lowest BCUT2D eigenvalue weighted by Crippen LogP contribution is -2.11. The van der Waals surface area contributed by atoms with Crippen LogP contribution in [0.1, 0.15) is 27.7 Å². The van der Waals surface area contributed by atoms with Crippen molar-refractivity contribution in [2.24, 2.45) is 11.8 Å². The van der Waals surface area contributed by atoms with Crippen LogP contribution in [-0.4, -0.2) is 5.71 Å². The summed E-state index contributed by atoms with van der Waals surface area (Å²) in [5.74, 6) is 1.07. The van der Waals surface area contributed by atoms with Gasteiger partial charge < -0.3 is 5.41 Å². The normalized spacial score (nSPS) is 14.1. The molecule has 0 bridgehead atoms. The molecular formula is C7H15N. The minimum absolute atomic E-state index is 0.454. The average Bonchev–Trinajstić information content (AvgIpc) is 1.64. The smallest absolute Gasteiger partial charge is 0.00889 e. The summed E-state index contributed by atoms with van der Waals surface area (Å²) in [6.45, 7) is 8.24. The van der Waals surface area contributed by atoms with Gasteiger partial charge in [0.1, 0.15) is 0 Å². The molecule has 1 unspecified atom stereocenters. The van der Waals surface area contributed by atoms with Gasteiger partial charge in [0.15, 0.2) is 0 Å². The second-order valence-electron chi connectivity index (χ2n) is 2.72. The molecule has 0 saturated carbocycles. The van der Waals surface area contributed by atoms with Crippen molar-refractivity contribution >= 4 is 5.71 Å². The Kier molecular flexibility index (Phi) is 2.74. The monoisotopic (exact) mass is 113 g/mol. The van der Waals surface area contributed by atoms with Crippen LogP contribution in [0.15, 0.2) is 0 Å². The molecule has 0 amide bonds. The van der Waals surface area contributed by atoms with Crippen molar-refractivity contribution in [3.05, 3.63) is 0 Å². The Morgan fingerprint density at radius 1 is 1.25 bits per heavy atom. The Balaban J connectivity index is 3.64. The first kappa shape index (κ1) is 7.67. The Morgan fingerprint density at radius 3 is 1.62 bits per heavy atom. The zero-order chi connectivity index (χ0) is 6.73. The van der Waals surface area contributed by atoms with E-state index in [4.69, 9.17) is 5.41 Å². The van der Waals surface area contributed by atoms with Gasteiger partial charge in [0.2, 0.25) is 0 Å². The fourth-order valence-corrected chi connectivity index (χ4v) is 0.500. The van der Waals surface area contributed by atoms with Crippen molar-refractivity contribution in [1.82, 2.24) is 0 Å². The second kappa shape index (κ2) is 2.85. The largest absolute Gasteiger partial charge is 0.310 e. The molecule has 0 saturated heterocycles. The summed E-state index contributed by atoms with van der Waals surface area (Å²) in [7, 11) is 0. The SMILES string of the molecule is CC(=N)C(C)C(C)C. The van der Waals surface area contributed by atoms with Gasteiger partial charge in [-0.25, -0.2) is 0 Å². The van der Waals surface area contributed by atoms with E-state index in [0.717, 1.165) is 5.71 Å². The van der Waals surface area contributed by atoms with Crippen molar-refractivity contribution < 1.29 is 0 Å². The third-order valence-electron chi connectivity index (χ3n) is 1.68. The molecule has 0 rings (SSSR count). The van der Waals surface area contributed by atoms with E-state index in [1.807, 2.05) is 6.92 Å². The van der Waals surface area contributed by atoms with Crippen LogP contribution in [0, 0.1) is 17.2 Å². The summed E-state index contributed by atoms with van der Waals surface area (Å²) in [6.07, 6.45) is 0. The maximum atomic E-state index is 7.23. The summed E-state index contributed by atoms with van der Waals surface area (Å²) >= 11 is 0. The third-order valence-corrected chi connectivity index (χ3v) is 1.68. The zero-order valence-corrected chi connectivity index (χ0v) is 6.15. The number of nitrogens with one attached hydrogen (secondary N) is 1. The molecule has 0 aromatic rings. The highest BCUT2D eigenvalue weighted by atomic mass is 14.4. The van der Waals surface area contributed by atoms with E-state index in [2.05, 4.69) is 20.8 Å². The maximum absolute atomic E-state index is 7.23. The lowest BCUT2D eigenvalue weighted by molar-refractivity contribution is 0.528. The van der Waals surface area contributed by atoms with Crippen LogP contribution in [0.4, 0.5) is 0 Å². The fourth-order valence-electron chi connectivity index (χ4n) is 0.500. The van der Waals surface area contributed by atoms with Gasteiger partial charge in [-0.15, -0.1) is 0 Å². The van der Waals surface area contributed by atoms with Crippen LogP contribution in [0.2, 0.25) is 0 Å². The van der Waals surface area contributed by atoms with Crippen LogP contribution in [0.25, 0.3) is 0 Å². The molecule has 0 fully saturated rings. The van der Waals surface area contributed by atoms with E-state index < -0.39 is 0 Å². The Hall–Kier alpha value is -0.330. The van der Waals surface area contributed by atoms with Gasteiger partial charge in [-0.3, -0.25) is 0 Å². The molecule has 0 heterocycles. The Morgan fingerprint density at radius 2 is 1.62 bits per heavy atom. The molecule has 0 radical (unpaired) electrons. The third kappa shape index (κ3) is 2.10. The van der Waals surface area contributed by atoms with Gasteiger partial charge in [0.25, 0.3) is 0 Å². The molecule has 0 aliphatic carbocycles. The topological polar surface area (TPSA) is 23.9 Å². The van der Waals surface area contributed by atoms with Crippen LogP contribution in [0.5, 0.6) is 0 Å². The average molecular weight is 113 g/mol. The molecule has 1 nitrogen and oxygen atoms in total. The summed E-state index contributed by atoms with van der Waals surface area (Å²) in [5, 5.41) is 7.23. The first-order valence-corrected chi connectivity index (χ1v) is 3.10. The van der Waals surface area contributed by atoms with Gasteiger partial charge in [0, 0.05) is 5.71 Å². The van der Waals surface area contributed by atoms with Crippen LogP contribution in [0.3, 0.4) is 0 Å². The Bertz CT molecular complexity index is 84.4. The van der Waals surface area contributed by atoms with Gasteiger partial charge in [-0.05, 0) is 18.8 Å². The van der Waals surface area contributed by atoms with Crippen LogP contribution < -0.4 is 0 Å². The van der Waals surface area contributed by atoms with E-state index in [-0.39, 0.29) is 0 Å². The standard InChI is InChI=1S/C7H15N/c1-5(2)6(3)7(4)8/h5-6,8H,1-4H3. The molecule has 0 aromatic heterocycles. The summed E-state index contributed by atoms with van der Waals surface area (Å²) in [5.41, 5.74) is 0.792. The van der Waals surface area contributed by atoms with Crippen molar-refractivity contribution in [3.63, 3.8) is 0 Å². The quantitative estimate of drug-likeness (QED) is 0.531. The lowest BCUT2D eigenvalue weighted by Gasteiger charge is -2.12. The molecule has 0 aromatic carbocycles. The summed E-state index contributed by atoms with van der Waals surface area (Å²) in [6, 6.07) is 0. The predicted molar refractivity (Wildman–Crippen MR) is 37.4 cm³/mol. The van der Waals surface area contributed by atoms with E-state index >= 15 is 0 Å². The number of rotatable bonds is 2. The van der Waals surface area contributed by atoms with Crippen molar-refractivity contribution in [2.45, 2.75) is 27.7 Å². The highest BCUT2D eigenvalue weighted by molar-refractivity contribution is 5.80. The van der Waals surface area contributed by atoms with Crippen molar-refractivity contribution in [2.75, 3.05) is 0 Å². The van der Waals surface area contributed by atoms with E-state index in [9.17, 15) is 0 Å². The Labute approximate surface area is 51.6 Å². The first-order chi connectivity index (χ1) is 3.55. The lowest BCUT2D eigenvalue weighted by atomic mass is 9.94. The maximum Gasteiger partial charge on any atom is 0.00889 e. The minimum atomic E-state index is 0.454. The van der Waals surface area contributed by atoms with E-state index in [1.165, 1.54) is 0 Å². The molecule has 48 valence electrons. The molecule has 0 spiro atoms. The van der Waals surface area contributed by atoms with Gasteiger partial charge in [-0.1, -0.05) is 20.8 Å². The van der Waals surface area contributed by atoms with Crippen LogP contribution in [-0.2, 0) is 0 Å². The predicted octanol–water partition coefficient (Wildman–Crippen LogP) is 2.32. The molecule has 1 heteroatoms. The first-order valence-electron chi connectivity index (χ1n) is 3.10. The van der Waals surface area contributed by atoms with Crippen LogP contribution >= 0.6 is 0 Å². The van der Waals surface area contributed by atoms with Gasteiger partial charge in [0.05, 0.1) is 0 Å². The van der Waals surface area contributed by atoms with Crippen molar-refractivity contribution in [1.29, 1.82) is 5.41 Å². The van der Waals surface area contributed by atoms with E-state index in [1.54, 1.807) is 0 Å². The summed E-state index contributed by atoms with van der Waals surface area (Å²) in [4.78, 5) is 0. The molecule has 8 heavy (non-hydrogen) atoms. The second-order valence-corrected chi connectivity index (χ2v) is 2.72. The highest BCUT2D eigenvalue weighted by Crippen LogP contribution is 2.09. The molecular weight excluding hydrogens is 98.1 g/mol.